The van der Waals surface area contributed by atoms with Crippen LogP contribution in [0.3, 0.4) is 0 Å². The molecule has 2 fully saturated rings. The molecule has 31 heavy (non-hydrogen) atoms. The van der Waals surface area contributed by atoms with Crippen LogP contribution in [0, 0.1) is 19.3 Å². The van der Waals surface area contributed by atoms with Gasteiger partial charge in [-0.25, -0.2) is 0 Å². The number of carbonyl (C=O) groups excluding carboxylic acids is 1. The number of hydrogen-bond donors (Lipinski definition) is 0. The molecule has 5 rings (SSSR count). The summed E-state index contributed by atoms with van der Waals surface area (Å²) in [6, 6.07) is 19.4. The maximum atomic E-state index is 13.2. The molecule has 0 unspecified atom stereocenters. The molecule has 3 aromatic rings. The Morgan fingerprint density at radius 1 is 0.968 bits per heavy atom. The summed E-state index contributed by atoms with van der Waals surface area (Å²) in [5.74, 6) is 0.688. The summed E-state index contributed by atoms with van der Waals surface area (Å²) in [5, 5.41) is 3.98. The lowest BCUT2D eigenvalue weighted by Gasteiger charge is -2.40. The molecule has 2 aliphatic rings. The summed E-state index contributed by atoms with van der Waals surface area (Å²) >= 11 is 0. The van der Waals surface area contributed by atoms with Gasteiger partial charge in [-0.15, -0.1) is 0 Å². The topological polar surface area (TPSA) is 49.6 Å². The van der Waals surface area contributed by atoms with Gasteiger partial charge in [0.05, 0.1) is 5.69 Å². The number of carbonyl (C=O) groups is 1. The molecule has 2 aliphatic heterocycles. The van der Waals surface area contributed by atoms with Gasteiger partial charge in [-0.3, -0.25) is 4.79 Å². The number of aryl methyl sites for hydroxylation is 2. The van der Waals surface area contributed by atoms with Crippen molar-refractivity contribution in [1.29, 1.82) is 0 Å². The van der Waals surface area contributed by atoms with Crippen LogP contribution in [0.4, 0.5) is 5.69 Å². The number of piperidine rings is 1. The molecule has 1 aromatic heterocycles. The van der Waals surface area contributed by atoms with E-state index in [2.05, 4.69) is 64.7 Å². The zero-order valence-electron chi connectivity index (χ0n) is 18.3. The molecule has 0 bridgehead atoms. The zero-order valence-corrected chi connectivity index (χ0v) is 18.3. The Labute approximate surface area is 183 Å². The fourth-order valence-corrected chi connectivity index (χ4v) is 5.33. The third-order valence-corrected chi connectivity index (χ3v) is 6.95. The zero-order chi connectivity index (χ0) is 21.4. The number of likely N-dealkylation sites (tertiary alicyclic amines) is 1. The molecule has 0 radical (unpaired) electrons. The van der Waals surface area contributed by atoms with Crippen LogP contribution in [0.15, 0.2) is 59.1 Å². The summed E-state index contributed by atoms with van der Waals surface area (Å²) in [6.07, 6.45) is 3.34. The molecule has 1 amide bonds. The first kappa shape index (κ1) is 19.9. The Kier molecular flexibility index (Phi) is 5.05. The van der Waals surface area contributed by atoms with Gasteiger partial charge in [0.1, 0.15) is 11.3 Å². The third kappa shape index (κ3) is 3.73. The second-order valence-corrected chi connectivity index (χ2v) is 9.12. The van der Waals surface area contributed by atoms with Crippen LogP contribution in [-0.4, -0.2) is 42.1 Å². The van der Waals surface area contributed by atoms with Gasteiger partial charge in [-0.05, 0) is 56.4 Å². The fourth-order valence-electron chi connectivity index (χ4n) is 5.33. The van der Waals surface area contributed by atoms with E-state index in [1.54, 1.807) is 0 Å². The molecular weight excluding hydrogens is 386 g/mol. The average Bonchev–Trinajstić information content (AvgIpc) is 3.36. The summed E-state index contributed by atoms with van der Waals surface area (Å²) in [5.41, 5.74) is 5.25. The molecule has 0 aliphatic carbocycles. The van der Waals surface area contributed by atoms with E-state index >= 15 is 0 Å². The lowest BCUT2D eigenvalue weighted by molar-refractivity contribution is 0.0554. The van der Waals surface area contributed by atoms with Crippen molar-refractivity contribution < 1.29 is 9.32 Å². The summed E-state index contributed by atoms with van der Waals surface area (Å²) in [6.45, 7) is 7.32. The molecule has 0 saturated carbocycles. The first-order valence-electron chi connectivity index (χ1n) is 11.2. The highest BCUT2D eigenvalue weighted by Crippen LogP contribution is 2.41. The Morgan fingerprint density at radius 2 is 1.77 bits per heavy atom. The predicted molar refractivity (Wildman–Crippen MR) is 122 cm³/mol. The molecule has 2 saturated heterocycles. The van der Waals surface area contributed by atoms with E-state index in [-0.39, 0.29) is 11.3 Å². The van der Waals surface area contributed by atoms with Crippen LogP contribution in [0.1, 0.15) is 41.1 Å². The van der Waals surface area contributed by atoms with E-state index in [1.807, 2.05) is 18.7 Å². The van der Waals surface area contributed by atoms with Crippen molar-refractivity contribution in [3.8, 4) is 11.1 Å². The maximum Gasteiger partial charge on any atom is 0.259 e. The normalized spacial score (nSPS) is 21.1. The molecule has 1 atom stereocenters. The first-order valence-corrected chi connectivity index (χ1v) is 11.2. The van der Waals surface area contributed by atoms with Crippen LogP contribution in [-0.2, 0) is 0 Å². The molecular formula is C26H29N3O2. The lowest BCUT2D eigenvalue weighted by Crippen LogP contribution is -2.47. The molecule has 3 heterocycles. The molecule has 160 valence electrons. The maximum absolute atomic E-state index is 13.2. The van der Waals surface area contributed by atoms with Crippen LogP contribution in [0.25, 0.3) is 11.1 Å². The second kappa shape index (κ2) is 7.88. The number of benzene rings is 2. The van der Waals surface area contributed by atoms with Crippen molar-refractivity contribution in [2.24, 2.45) is 5.41 Å². The Hall–Kier alpha value is -3.08. The number of aromatic nitrogens is 1. The van der Waals surface area contributed by atoms with E-state index in [4.69, 9.17) is 4.52 Å². The number of nitrogens with zero attached hydrogens (tertiary/aromatic N) is 3. The highest BCUT2D eigenvalue weighted by molar-refractivity contribution is 5.96. The van der Waals surface area contributed by atoms with Crippen molar-refractivity contribution in [1.82, 2.24) is 10.1 Å². The lowest BCUT2D eigenvalue weighted by atomic mass is 9.79. The van der Waals surface area contributed by atoms with Crippen LogP contribution >= 0.6 is 0 Å². The van der Waals surface area contributed by atoms with Crippen molar-refractivity contribution in [2.45, 2.75) is 33.1 Å². The largest absolute Gasteiger partial charge is 0.371 e. The Bertz CT molecular complexity index is 1070. The van der Waals surface area contributed by atoms with Gasteiger partial charge in [0.2, 0.25) is 0 Å². The Balaban J connectivity index is 1.33. The number of anilines is 1. The van der Waals surface area contributed by atoms with Gasteiger partial charge < -0.3 is 14.3 Å². The monoisotopic (exact) mass is 415 g/mol. The van der Waals surface area contributed by atoms with Gasteiger partial charge in [-0.1, -0.05) is 47.6 Å². The number of rotatable bonds is 3. The standard InChI is InChI=1S/C26H29N3O2/c1-19-24(20(2)31-27-19)25(30)29-14-7-12-26(18-29)13-15-28(17-26)23-11-6-10-22(16-23)21-8-4-3-5-9-21/h3-6,8-11,16H,7,12-15,17-18H2,1-2H3/t26-/m0/s1. The summed E-state index contributed by atoms with van der Waals surface area (Å²) in [4.78, 5) is 17.7. The Morgan fingerprint density at radius 3 is 2.55 bits per heavy atom. The van der Waals surface area contributed by atoms with Gasteiger partial charge in [-0.2, -0.15) is 0 Å². The van der Waals surface area contributed by atoms with E-state index in [0.29, 0.717) is 17.0 Å². The predicted octanol–water partition coefficient (Wildman–Crippen LogP) is 5.09. The van der Waals surface area contributed by atoms with Crippen LogP contribution in [0.5, 0.6) is 0 Å². The van der Waals surface area contributed by atoms with Crippen molar-refractivity contribution in [3.05, 3.63) is 71.6 Å². The minimum atomic E-state index is 0.0693. The highest BCUT2D eigenvalue weighted by atomic mass is 16.5. The van der Waals surface area contributed by atoms with Gasteiger partial charge in [0.15, 0.2) is 0 Å². The van der Waals surface area contributed by atoms with E-state index in [0.717, 1.165) is 39.0 Å². The van der Waals surface area contributed by atoms with Crippen molar-refractivity contribution in [3.63, 3.8) is 0 Å². The first-order chi connectivity index (χ1) is 15.0. The molecule has 0 N–H and O–H groups in total. The van der Waals surface area contributed by atoms with Crippen LogP contribution < -0.4 is 4.90 Å². The summed E-state index contributed by atoms with van der Waals surface area (Å²) in [7, 11) is 0. The van der Waals surface area contributed by atoms with E-state index in [9.17, 15) is 4.79 Å². The van der Waals surface area contributed by atoms with Gasteiger partial charge >= 0.3 is 0 Å². The number of hydrogen-bond acceptors (Lipinski definition) is 4. The molecule has 1 spiro atoms. The second-order valence-electron chi connectivity index (χ2n) is 9.12. The molecule has 5 nitrogen and oxygen atoms in total. The fraction of sp³-hybridized carbons (Fsp3) is 0.385. The number of amides is 1. The van der Waals surface area contributed by atoms with Crippen molar-refractivity contribution >= 4 is 11.6 Å². The summed E-state index contributed by atoms with van der Waals surface area (Å²) < 4.78 is 5.24. The van der Waals surface area contributed by atoms with E-state index in [1.165, 1.54) is 23.2 Å². The van der Waals surface area contributed by atoms with Crippen LogP contribution in [0.2, 0.25) is 0 Å². The molecule has 2 aromatic carbocycles. The van der Waals surface area contributed by atoms with Crippen molar-refractivity contribution in [2.75, 3.05) is 31.1 Å². The smallest absolute Gasteiger partial charge is 0.259 e. The van der Waals surface area contributed by atoms with E-state index < -0.39 is 0 Å². The van der Waals surface area contributed by atoms with Gasteiger partial charge in [0, 0.05) is 37.3 Å². The third-order valence-electron chi connectivity index (χ3n) is 6.95. The SMILES string of the molecule is Cc1noc(C)c1C(=O)N1CCC[C@@]2(CCN(c3cccc(-c4ccccc4)c3)C2)C1. The molecule has 5 heteroatoms. The highest BCUT2D eigenvalue weighted by Gasteiger charge is 2.43. The minimum absolute atomic E-state index is 0.0693. The average molecular weight is 416 g/mol. The van der Waals surface area contributed by atoms with Gasteiger partial charge in [0.25, 0.3) is 5.91 Å². The minimum Gasteiger partial charge on any atom is -0.371 e. The quantitative estimate of drug-likeness (QED) is 0.598.